The Labute approximate surface area is 136 Å². The van der Waals surface area contributed by atoms with E-state index in [9.17, 15) is 9.59 Å². The summed E-state index contributed by atoms with van der Waals surface area (Å²) < 4.78 is 5.28. The van der Waals surface area contributed by atoms with Crippen LogP contribution >= 0.6 is 0 Å². The highest BCUT2D eigenvalue weighted by atomic mass is 16.5. The number of nitrogens with one attached hydrogen (secondary N) is 2. The first-order chi connectivity index (χ1) is 11.1. The Kier molecular flexibility index (Phi) is 6.40. The van der Waals surface area contributed by atoms with Crippen LogP contribution in [0.1, 0.15) is 43.0 Å². The molecule has 0 spiro atoms. The fourth-order valence-electron chi connectivity index (χ4n) is 2.67. The van der Waals surface area contributed by atoms with E-state index < -0.39 is 12.1 Å². The van der Waals surface area contributed by atoms with E-state index in [4.69, 9.17) is 9.84 Å². The smallest absolute Gasteiger partial charge is 0.341 e. The minimum atomic E-state index is -0.839. The van der Waals surface area contributed by atoms with E-state index in [0.717, 1.165) is 25.7 Å². The fraction of sp³-hybridized carbons (Fsp3) is 0.529. The van der Waals surface area contributed by atoms with Gasteiger partial charge in [0.15, 0.2) is 6.10 Å². The van der Waals surface area contributed by atoms with Crippen LogP contribution in [0.25, 0.3) is 0 Å². The van der Waals surface area contributed by atoms with E-state index in [2.05, 4.69) is 10.6 Å². The van der Waals surface area contributed by atoms with Gasteiger partial charge in [0.05, 0.1) is 12.2 Å². The second kappa shape index (κ2) is 8.53. The molecule has 0 bridgehead atoms. The standard InChI is InChI=1S/C17H24N2O4/c1-12(16(21)19-13-6-2-3-7-13)23-17(22)14-8-4-5-9-15(14)18-10-11-20/h4-5,8-9,12-13,18,20H,2-3,6-7,10-11H2,1H3,(H,19,21)/t12-/m0/s1. The topological polar surface area (TPSA) is 87.7 Å². The van der Waals surface area contributed by atoms with Gasteiger partial charge in [-0.25, -0.2) is 4.79 Å². The van der Waals surface area contributed by atoms with Gasteiger partial charge in [0, 0.05) is 18.3 Å². The van der Waals surface area contributed by atoms with Crippen molar-refractivity contribution < 1.29 is 19.4 Å². The molecule has 23 heavy (non-hydrogen) atoms. The van der Waals surface area contributed by atoms with Crippen molar-refractivity contribution in [2.75, 3.05) is 18.5 Å². The Balaban J connectivity index is 1.93. The summed E-state index contributed by atoms with van der Waals surface area (Å²) in [7, 11) is 0. The van der Waals surface area contributed by atoms with Gasteiger partial charge >= 0.3 is 5.97 Å². The molecule has 0 unspecified atom stereocenters. The highest BCUT2D eigenvalue weighted by Crippen LogP contribution is 2.19. The molecule has 6 nitrogen and oxygen atoms in total. The summed E-state index contributed by atoms with van der Waals surface area (Å²) in [6, 6.07) is 7.07. The van der Waals surface area contributed by atoms with E-state index in [1.807, 2.05) is 0 Å². The van der Waals surface area contributed by atoms with Gasteiger partial charge in [0.2, 0.25) is 0 Å². The number of hydrogen-bond acceptors (Lipinski definition) is 5. The summed E-state index contributed by atoms with van der Waals surface area (Å²) in [5, 5.41) is 14.8. The van der Waals surface area contributed by atoms with Gasteiger partial charge in [0.25, 0.3) is 5.91 Å². The van der Waals surface area contributed by atoms with Crippen molar-refractivity contribution in [3.63, 3.8) is 0 Å². The van der Waals surface area contributed by atoms with Crippen molar-refractivity contribution in [2.24, 2.45) is 0 Å². The van der Waals surface area contributed by atoms with E-state index in [0.29, 0.717) is 17.8 Å². The Morgan fingerprint density at radius 2 is 2.00 bits per heavy atom. The molecule has 1 atom stereocenters. The van der Waals surface area contributed by atoms with Crippen LogP contribution in [0.3, 0.4) is 0 Å². The average Bonchev–Trinajstić information content (AvgIpc) is 3.06. The molecule has 1 amide bonds. The highest BCUT2D eigenvalue weighted by molar-refractivity contribution is 5.97. The zero-order valence-electron chi connectivity index (χ0n) is 13.4. The number of aliphatic hydroxyl groups is 1. The summed E-state index contributed by atoms with van der Waals surface area (Å²) in [5.74, 6) is -0.814. The molecule has 3 N–H and O–H groups in total. The van der Waals surface area contributed by atoms with Crippen LogP contribution in [0.4, 0.5) is 5.69 Å². The largest absolute Gasteiger partial charge is 0.449 e. The van der Waals surface area contributed by atoms with Crippen LogP contribution in [-0.4, -0.2) is 42.3 Å². The summed E-state index contributed by atoms with van der Waals surface area (Å²) >= 11 is 0. The van der Waals surface area contributed by atoms with Crippen LogP contribution in [0.5, 0.6) is 0 Å². The molecule has 1 aliphatic carbocycles. The van der Waals surface area contributed by atoms with Gasteiger partial charge in [-0.1, -0.05) is 25.0 Å². The molecule has 6 heteroatoms. The molecule has 0 saturated heterocycles. The lowest BCUT2D eigenvalue weighted by atomic mass is 10.1. The second-order valence-electron chi connectivity index (χ2n) is 5.73. The first kappa shape index (κ1) is 17.3. The molecule has 0 aromatic heterocycles. The molecule has 1 aromatic carbocycles. The SMILES string of the molecule is C[C@H](OC(=O)c1ccccc1NCCO)C(=O)NC1CCCC1. The first-order valence-electron chi connectivity index (χ1n) is 8.07. The molecule has 1 aliphatic rings. The van der Waals surface area contributed by atoms with Crippen molar-refractivity contribution in [1.82, 2.24) is 5.32 Å². The van der Waals surface area contributed by atoms with E-state index in [-0.39, 0.29) is 18.6 Å². The fourth-order valence-corrected chi connectivity index (χ4v) is 2.67. The number of rotatable bonds is 7. The minimum Gasteiger partial charge on any atom is -0.449 e. The lowest BCUT2D eigenvalue weighted by molar-refractivity contribution is -0.129. The normalized spacial score (nSPS) is 15.9. The van der Waals surface area contributed by atoms with Crippen LogP contribution in [-0.2, 0) is 9.53 Å². The van der Waals surface area contributed by atoms with Crippen molar-refractivity contribution in [1.29, 1.82) is 0 Å². The van der Waals surface area contributed by atoms with Crippen molar-refractivity contribution in [3.8, 4) is 0 Å². The van der Waals surface area contributed by atoms with Gasteiger partial charge in [0.1, 0.15) is 0 Å². The molecule has 0 aliphatic heterocycles. The Morgan fingerprint density at radius 3 is 2.70 bits per heavy atom. The monoisotopic (exact) mass is 320 g/mol. The number of amides is 1. The number of benzene rings is 1. The third kappa shape index (κ3) is 4.96. The molecule has 2 rings (SSSR count). The van der Waals surface area contributed by atoms with Gasteiger partial charge < -0.3 is 20.5 Å². The van der Waals surface area contributed by atoms with E-state index in [1.54, 1.807) is 31.2 Å². The highest BCUT2D eigenvalue weighted by Gasteiger charge is 2.24. The number of carbonyl (C=O) groups excluding carboxylic acids is 2. The third-order valence-electron chi connectivity index (χ3n) is 3.93. The van der Waals surface area contributed by atoms with Crippen LogP contribution in [0.2, 0.25) is 0 Å². The number of hydrogen-bond donors (Lipinski definition) is 3. The Bertz CT molecular complexity index is 541. The molecular formula is C17H24N2O4. The van der Waals surface area contributed by atoms with Gasteiger partial charge in [-0.3, -0.25) is 4.79 Å². The van der Waals surface area contributed by atoms with Gasteiger partial charge in [-0.05, 0) is 31.9 Å². The average molecular weight is 320 g/mol. The maximum absolute atomic E-state index is 12.3. The minimum absolute atomic E-state index is 0.0381. The Hall–Kier alpha value is -2.08. The van der Waals surface area contributed by atoms with Gasteiger partial charge in [-0.2, -0.15) is 0 Å². The maximum atomic E-state index is 12.3. The lowest BCUT2D eigenvalue weighted by Crippen LogP contribution is -2.40. The molecular weight excluding hydrogens is 296 g/mol. The Morgan fingerprint density at radius 1 is 1.30 bits per heavy atom. The molecule has 0 heterocycles. The number of aliphatic hydroxyl groups excluding tert-OH is 1. The van der Waals surface area contributed by atoms with Crippen molar-refractivity contribution in [3.05, 3.63) is 29.8 Å². The maximum Gasteiger partial charge on any atom is 0.341 e. The number of esters is 1. The van der Waals surface area contributed by atoms with Crippen LogP contribution in [0, 0.1) is 0 Å². The second-order valence-corrected chi connectivity index (χ2v) is 5.73. The summed E-state index contributed by atoms with van der Waals surface area (Å²) in [5.41, 5.74) is 0.927. The van der Waals surface area contributed by atoms with E-state index >= 15 is 0 Å². The number of ether oxygens (including phenoxy) is 1. The van der Waals surface area contributed by atoms with Gasteiger partial charge in [-0.15, -0.1) is 0 Å². The molecule has 1 fully saturated rings. The summed E-state index contributed by atoms with van der Waals surface area (Å²) in [6.07, 6.45) is 3.39. The zero-order valence-corrected chi connectivity index (χ0v) is 13.4. The molecule has 1 aromatic rings. The van der Waals surface area contributed by atoms with E-state index in [1.165, 1.54) is 0 Å². The molecule has 126 valence electrons. The molecule has 1 saturated carbocycles. The summed E-state index contributed by atoms with van der Waals surface area (Å²) in [6.45, 7) is 1.87. The number of anilines is 1. The number of carbonyl (C=O) groups is 2. The number of para-hydroxylation sites is 1. The van der Waals surface area contributed by atoms with Crippen LogP contribution < -0.4 is 10.6 Å². The lowest BCUT2D eigenvalue weighted by Gasteiger charge is -2.18. The van der Waals surface area contributed by atoms with Crippen molar-refractivity contribution >= 4 is 17.6 Å². The summed E-state index contributed by atoms with van der Waals surface area (Å²) in [4.78, 5) is 24.4. The first-order valence-corrected chi connectivity index (χ1v) is 8.07. The zero-order chi connectivity index (χ0) is 16.7. The third-order valence-corrected chi connectivity index (χ3v) is 3.93. The predicted molar refractivity (Wildman–Crippen MR) is 87.3 cm³/mol. The quantitative estimate of drug-likeness (QED) is 0.666. The van der Waals surface area contributed by atoms with Crippen LogP contribution in [0.15, 0.2) is 24.3 Å². The predicted octanol–water partition coefficient (Wildman–Crippen LogP) is 1.69. The molecule has 0 radical (unpaired) electrons. The van der Waals surface area contributed by atoms with Crippen molar-refractivity contribution in [2.45, 2.75) is 44.8 Å².